The van der Waals surface area contributed by atoms with E-state index in [0.29, 0.717) is 5.56 Å². The third-order valence-corrected chi connectivity index (χ3v) is 7.91. The summed E-state index contributed by atoms with van der Waals surface area (Å²) in [4.78, 5) is 13.1. The number of carbonyl (C=O) groups excluding carboxylic acids is 1. The number of carbonyl (C=O) groups is 1. The largest absolute Gasteiger partial charge is 0.504 e. The molecule has 3 heterocycles. The molecule has 0 aliphatic carbocycles. The fraction of sp³-hybridized carbons (Fsp3) is 0.552. The van der Waals surface area contributed by atoms with Gasteiger partial charge in [0.25, 0.3) is 0 Å². The number of rotatable bonds is 8. The van der Waals surface area contributed by atoms with Crippen LogP contribution in [-0.2, 0) is 14.2 Å². The van der Waals surface area contributed by atoms with Gasteiger partial charge in [-0.3, -0.25) is 4.79 Å². The van der Waals surface area contributed by atoms with Crippen LogP contribution in [-0.4, -0.2) is 124 Å². The molecule has 242 valence electrons. The van der Waals surface area contributed by atoms with Crippen molar-refractivity contribution in [3.63, 3.8) is 0 Å². The first kappa shape index (κ1) is 32.2. The van der Waals surface area contributed by atoms with Gasteiger partial charge in [0.15, 0.2) is 23.6 Å². The average Bonchev–Trinajstić information content (AvgIpc) is 3.01. The number of aliphatic hydroxyl groups is 6. The molecule has 5 rings (SSSR count). The van der Waals surface area contributed by atoms with Crippen LogP contribution in [0.25, 0.3) is 0 Å². The van der Waals surface area contributed by atoms with Crippen molar-refractivity contribution in [3.8, 4) is 28.7 Å². The summed E-state index contributed by atoms with van der Waals surface area (Å²) in [5.74, 6) is 0.0679. The highest BCUT2D eigenvalue weighted by Crippen LogP contribution is 2.44. The van der Waals surface area contributed by atoms with Crippen molar-refractivity contribution in [2.75, 3.05) is 20.8 Å². The summed E-state index contributed by atoms with van der Waals surface area (Å²) in [6.45, 7) is 1.00. The van der Waals surface area contributed by atoms with Gasteiger partial charge in [-0.25, -0.2) is 0 Å². The van der Waals surface area contributed by atoms with Crippen LogP contribution in [0, 0.1) is 0 Å². The molecule has 11 unspecified atom stereocenters. The third-order valence-electron chi connectivity index (χ3n) is 7.91. The van der Waals surface area contributed by atoms with Crippen LogP contribution in [0.3, 0.4) is 0 Å². The van der Waals surface area contributed by atoms with Crippen LogP contribution in [0.4, 0.5) is 0 Å². The average molecular weight is 625 g/mol. The minimum absolute atomic E-state index is 0.0240. The number of aliphatic hydroxyl groups excluding tert-OH is 6. The van der Waals surface area contributed by atoms with E-state index < -0.39 is 74.1 Å². The second-order valence-electron chi connectivity index (χ2n) is 10.8. The number of hydrogen-bond donors (Lipinski definition) is 7. The van der Waals surface area contributed by atoms with E-state index in [1.165, 1.54) is 39.3 Å². The second kappa shape index (κ2) is 13.0. The summed E-state index contributed by atoms with van der Waals surface area (Å²) >= 11 is 0. The van der Waals surface area contributed by atoms with E-state index in [1.807, 2.05) is 0 Å². The summed E-state index contributed by atoms with van der Waals surface area (Å²) in [7, 11) is 2.76. The van der Waals surface area contributed by atoms with Crippen molar-refractivity contribution in [1.82, 2.24) is 0 Å². The number of phenolic OH excluding ortho intramolecular Hbond substituents is 1. The van der Waals surface area contributed by atoms with E-state index in [1.54, 1.807) is 12.1 Å². The van der Waals surface area contributed by atoms with Crippen LogP contribution in [0.1, 0.15) is 35.4 Å². The van der Waals surface area contributed by atoms with Gasteiger partial charge in [0, 0.05) is 12.1 Å². The molecule has 0 spiro atoms. The highest BCUT2D eigenvalue weighted by Gasteiger charge is 2.47. The molecule has 15 heteroatoms. The van der Waals surface area contributed by atoms with Crippen molar-refractivity contribution in [2.24, 2.45) is 0 Å². The predicted octanol–water partition coefficient (Wildman–Crippen LogP) is -0.854. The molecule has 44 heavy (non-hydrogen) atoms. The molecule has 2 aromatic carbocycles. The number of phenols is 1. The number of methoxy groups -OCH3 is 2. The Labute approximate surface area is 251 Å². The summed E-state index contributed by atoms with van der Waals surface area (Å²) in [5.41, 5.74) is 0.676. The molecule has 0 bridgehead atoms. The standard InChI is InChI=1S/C29H36O15/c1-11-22(32)24(34)26(36)28(41-11)40-10-20-23(33)25(35)27(37)29(44-20)42-13-7-18(39-3)21-15(31)9-17(43-19(21)8-13)12-4-5-16(38-2)14(30)6-12/h4-8,11,17,20,22-30,32-37H,9-10H2,1-3H3. The Hall–Kier alpha value is -3.25. The molecule has 3 aliphatic heterocycles. The van der Waals surface area contributed by atoms with Gasteiger partial charge in [0.05, 0.1) is 33.4 Å². The minimum atomic E-state index is -1.74. The maximum Gasteiger partial charge on any atom is 0.229 e. The molecule has 0 amide bonds. The number of fused-ring (bicyclic) bond motifs is 1. The maximum atomic E-state index is 13.1. The Morgan fingerprint density at radius 2 is 1.50 bits per heavy atom. The fourth-order valence-electron chi connectivity index (χ4n) is 5.35. The zero-order chi connectivity index (χ0) is 31.9. The predicted molar refractivity (Wildman–Crippen MR) is 146 cm³/mol. The number of hydrogen-bond acceptors (Lipinski definition) is 15. The van der Waals surface area contributed by atoms with E-state index in [4.69, 9.17) is 33.2 Å². The van der Waals surface area contributed by atoms with Gasteiger partial charge in [0.1, 0.15) is 71.6 Å². The SMILES string of the molecule is COc1ccc(C2CC(=O)c3c(OC)cc(OC4OC(COC5OC(C)C(O)C(O)C5O)C(O)C(O)C4O)cc3O2)cc1O. The number of Topliss-reactive ketones (excluding diaryl/α,β-unsaturated/α-hetero) is 1. The first-order valence-corrected chi connectivity index (χ1v) is 13.9. The van der Waals surface area contributed by atoms with Crippen LogP contribution in [0.2, 0.25) is 0 Å². The lowest BCUT2D eigenvalue weighted by Crippen LogP contribution is -2.61. The fourth-order valence-corrected chi connectivity index (χ4v) is 5.35. The summed E-state index contributed by atoms with van der Waals surface area (Å²) < 4.78 is 39.0. The Morgan fingerprint density at radius 3 is 2.18 bits per heavy atom. The quantitative estimate of drug-likeness (QED) is 0.190. The molecule has 0 radical (unpaired) electrons. The molecule has 0 saturated carbocycles. The van der Waals surface area contributed by atoms with Gasteiger partial charge in [-0.2, -0.15) is 0 Å². The van der Waals surface area contributed by atoms with Crippen molar-refractivity contribution >= 4 is 5.78 Å². The normalized spacial score (nSPS) is 35.4. The lowest BCUT2D eigenvalue weighted by Gasteiger charge is -2.42. The lowest BCUT2D eigenvalue weighted by molar-refractivity contribution is -0.318. The molecule has 3 aliphatic rings. The van der Waals surface area contributed by atoms with Crippen molar-refractivity contribution in [2.45, 2.75) is 80.9 Å². The highest BCUT2D eigenvalue weighted by molar-refractivity contribution is 6.02. The van der Waals surface area contributed by atoms with Gasteiger partial charge in [0.2, 0.25) is 6.29 Å². The molecule has 11 atom stereocenters. The number of ether oxygens (including phenoxy) is 7. The number of ketones is 1. The van der Waals surface area contributed by atoms with Crippen molar-refractivity contribution < 1.29 is 73.7 Å². The smallest absolute Gasteiger partial charge is 0.229 e. The van der Waals surface area contributed by atoms with E-state index >= 15 is 0 Å². The van der Waals surface area contributed by atoms with Gasteiger partial charge >= 0.3 is 0 Å². The summed E-state index contributed by atoms with van der Waals surface area (Å²) in [6, 6.07) is 7.38. The second-order valence-corrected chi connectivity index (χ2v) is 10.8. The van der Waals surface area contributed by atoms with Crippen LogP contribution in [0.5, 0.6) is 28.7 Å². The summed E-state index contributed by atoms with van der Waals surface area (Å²) in [6.07, 6.45) is -15.5. The molecular formula is C29H36O15. The summed E-state index contributed by atoms with van der Waals surface area (Å²) in [5, 5.41) is 72.0. The molecule has 7 N–H and O–H groups in total. The Morgan fingerprint density at radius 1 is 0.818 bits per heavy atom. The Kier molecular flexibility index (Phi) is 9.50. The first-order chi connectivity index (χ1) is 20.9. The van der Waals surface area contributed by atoms with Gasteiger partial charge in [-0.15, -0.1) is 0 Å². The first-order valence-electron chi connectivity index (χ1n) is 13.9. The van der Waals surface area contributed by atoms with E-state index in [-0.39, 0.29) is 46.5 Å². The van der Waals surface area contributed by atoms with Crippen LogP contribution >= 0.6 is 0 Å². The van der Waals surface area contributed by atoms with Crippen LogP contribution in [0.15, 0.2) is 30.3 Å². The van der Waals surface area contributed by atoms with E-state index in [9.17, 15) is 40.5 Å². The highest BCUT2D eigenvalue weighted by atomic mass is 16.7. The molecule has 2 fully saturated rings. The number of benzene rings is 2. The lowest BCUT2D eigenvalue weighted by atomic mass is 9.95. The van der Waals surface area contributed by atoms with E-state index in [2.05, 4.69) is 0 Å². The minimum Gasteiger partial charge on any atom is -0.504 e. The van der Waals surface area contributed by atoms with Crippen molar-refractivity contribution in [3.05, 3.63) is 41.5 Å². The molecule has 2 saturated heterocycles. The molecule has 15 nitrogen and oxygen atoms in total. The van der Waals surface area contributed by atoms with Gasteiger partial charge < -0.3 is 68.9 Å². The van der Waals surface area contributed by atoms with Gasteiger partial charge in [-0.05, 0) is 24.6 Å². The van der Waals surface area contributed by atoms with Crippen molar-refractivity contribution in [1.29, 1.82) is 0 Å². The topological polar surface area (TPSA) is 223 Å². The van der Waals surface area contributed by atoms with Gasteiger partial charge in [-0.1, -0.05) is 6.07 Å². The number of aromatic hydroxyl groups is 1. The Balaban J connectivity index is 1.33. The Bertz CT molecular complexity index is 1340. The maximum absolute atomic E-state index is 13.1. The third kappa shape index (κ3) is 6.15. The zero-order valence-electron chi connectivity index (χ0n) is 24.0. The van der Waals surface area contributed by atoms with Crippen LogP contribution < -0.4 is 18.9 Å². The monoisotopic (exact) mass is 624 g/mol. The molecular weight excluding hydrogens is 588 g/mol. The zero-order valence-corrected chi connectivity index (χ0v) is 24.0. The van der Waals surface area contributed by atoms with E-state index in [0.717, 1.165) is 0 Å². The molecule has 0 aromatic heterocycles. The molecule has 2 aromatic rings.